The lowest BCUT2D eigenvalue weighted by atomic mass is 10.2. The van der Waals surface area contributed by atoms with Crippen molar-refractivity contribution >= 4 is 17.5 Å². The summed E-state index contributed by atoms with van der Waals surface area (Å²) in [6.45, 7) is 5.29. The van der Waals surface area contributed by atoms with Gasteiger partial charge in [0.25, 0.3) is 5.91 Å². The Balaban J connectivity index is 2.11. The molecule has 140 valence electrons. The van der Waals surface area contributed by atoms with Crippen LogP contribution in [0.4, 0.5) is 24.8 Å². The predicted molar refractivity (Wildman–Crippen MR) is 93.2 cm³/mol. The molecule has 5 nitrogen and oxygen atoms in total. The van der Waals surface area contributed by atoms with Crippen LogP contribution in [0.5, 0.6) is 0 Å². The van der Waals surface area contributed by atoms with Crippen LogP contribution >= 0.6 is 0 Å². The summed E-state index contributed by atoms with van der Waals surface area (Å²) in [7, 11) is 0. The fraction of sp³-hybridized carbons (Fsp3) is 0.389. The highest BCUT2D eigenvalue weighted by Crippen LogP contribution is 2.31. The number of benzene rings is 1. The van der Waals surface area contributed by atoms with Crippen LogP contribution in [0, 0.1) is 0 Å². The van der Waals surface area contributed by atoms with E-state index in [1.165, 1.54) is 24.5 Å². The van der Waals surface area contributed by atoms with Crippen molar-refractivity contribution in [2.24, 2.45) is 0 Å². The van der Waals surface area contributed by atoms with Crippen molar-refractivity contribution in [1.29, 1.82) is 0 Å². The lowest BCUT2D eigenvalue weighted by Crippen LogP contribution is -2.32. The quantitative estimate of drug-likeness (QED) is 0.784. The van der Waals surface area contributed by atoms with Gasteiger partial charge < -0.3 is 10.2 Å². The number of amides is 1. The van der Waals surface area contributed by atoms with Crippen molar-refractivity contribution in [3.8, 4) is 0 Å². The lowest BCUT2D eigenvalue weighted by molar-refractivity contribution is -0.137. The smallest absolute Gasteiger partial charge is 0.339 e. The molecule has 0 bridgehead atoms. The number of aromatic nitrogens is 2. The van der Waals surface area contributed by atoms with Gasteiger partial charge >= 0.3 is 6.18 Å². The Morgan fingerprint density at radius 3 is 2.27 bits per heavy atom. The van der Waals surface area contributed by atoms with Crippen molar-refractivity contribution in [3.05, 3.63) is 47.8 Å². The zero-order valence-corrected chi connectivity index (χ0v) is 14.7. The lowest BCUT2D eigenvalue weighted by Gasteiger charge is -2.21. The molecule has 0 atom stereocenters. The highest BCUT2D eigenvalue weighted by atomic mass is 19.4. The van der Waals surface area contributed by atoms with E-state index >= 15 is 0 Å². The summed E-state index contributed by atoms with van der Waals surface area (Å²) in [5.74, 6) is -0.0299. The maximum absolute atomic E-state index is 12.7. The standard InChI is InChI=1S/C18H21F3N4O/c1-3-8-25(9-4-2)16(26)13-11-22-17(23-12-13)24-15-7-5-6-14(10-15)18(19,20)21/h5-7,10-12H,3-4,8-9H2,1-2H3,(H,22,23,24). The molecule has 0 aliphatic heterocycles. The van der Waals surface area contributed by atoms with Crippen molar-refractivity contribution in [2.45, 2.75) is 32.9 Å². The second-order valence-corrected chi connectivity index (χ2v) is 5.79. The average molecular weight is 366 g/mol. The summed E-state index contributed by atoms with van der Waals surface area (Å²) in [4.78, 5) is 22.3. The van der Waals surface area contributed by atoms with Crippen LogP contribution in [0.15, 0.2) is 36.7 Å². The zero-order chi connectivity index (χ0) is 19.2. The third-order valence-electron chi connectivity index (χ3n) is 3.62. The number of rotatable bonds is 7. The number of carbonyl (C=O) groups is 1. The zero-order valence-electron chi connectivity index (χ0n) is 14.7. The summed E-state index contributed by atoms with van der Waals surface area (Å²) < 4.78 is 38.2. The van der Waals surface area contributed by atoms with Crippen LogP contribution in [0.2, 0.25) is 0 Å². The molecule has 0 saturated carbocycles. The van der Waals surface area contributed by atoms with Gasteiger partial charge in [-0.2, -0.15) is 13.2 Å². The summed E-state index contributed by atoms with van der Waals surface area (Å²) in [6, 6.07) is 4.76. The Bertz CT molecular complexity index is 726. The number of alkyl halides is 3. The summed E-state index contributed by atoms with van der Waals surface area (Å²) in [5, 5.41) is 2.71. The van der Waals surface area contributed by atoms with E-state index in [1.54, 1.807) is 4.90 Å². The van der Waals surface area contributed by atoms with Gasteiger partial charge in [-0.1, -0.05) is 19.9 Å². The van der Waals surface area contributed by atoms with E-state index in [-0.39, 0.29) is 17.5 Å². The number of hydrogen-bond acceptors (Lipinski definition) is 4. The van der Waals surface area contributed by atoms with Crippen molar-refractivity contribution in [1.82, 2.24) is 14.9 Å². The average Bonchev–Trinajstić information content (AvgIpc) is 2.61. The van der Waals surface area contributed by atoms with Gasteiger partial charge in [0.1, 0.15) is 0 Å². The molecule has 1 N–H and O–H groups in total. The van der Waals surface area contributed by atoms with Gasteiger partial charge in [0.05, 0.1) is 11.1 Å². The molecule has 0 unspecified atom stereocenters. The first-order valence-corrected chi connectivity index (χ1v) is 8.40. The van der Waals surface area contributed by atoms with Crippen LogP contribution in [0.3, 0.4) is 0 Å². The molecule has 26 heavy (non-hydrogen) atoms. The molecule has 2 aromatic rings. The van der Waals surface area contributed by atoms with Crippen molar-refractivity contribution in [2.75, 3.05) is 18.4 Å². The van der Waals surface area contributed by atoms with Gasteiger partial charge in [-0.15, -0.1) is 0 Å². The molecule has 0 aliphatic carbocycles. The van der Waals surface area contributed by atoms with Crippen LogP contribution in [-0.2, 0) is 6.18 Å². The van der Waals surface area contributed by atoms with Gasteiger partial charge in [0.2, 0.25) is 5.95 Å². The largest absolute Gasteiger partial charge is 0.416 e. The first-order chi connectivity index (χ1) is 12.3. The third-order valence-corrected chi connectivity index (χ3v) is 3.62. The predicted octanol–water partition coefficient (Wildman–Crippen LogP) is 4.50. The Hall–Kier alpha value is -2.64. The number of halogens is 3. The highest BCUT2D eigenvalue weighted by molar-refractivity contribution is 5.93. The number of anilines is 2. The summed E-state index contributed by atoms with van der Waals surface area (Å²) in [6.07, 6.45) is 0.0353. The molecular formula is C18H21F3N4O. The Morgan fingerprint density at radius 1 is 1.12 bits per heavy atom. The second-order valence-electron chi connectivity index (χ2n) is 5.79. The maximum atomic E-state index is 12.7. The van der Waals surface area contributed by atoms with E-state index in [1.807, 2.05) is 13.8 Å². The van der Waals surface area contributed by atoms with E-state index in [0.29, 0.717) is 18.7 Å². The molecule has 0 aliphatic rings. The van der Waals surface area contributed by atoms with Crippen LogP contribution in [0.25, 0.3) is 0 Å². The molecule has 0 saturated heterocycles. The first-order valence-electron chi connectivity index (χ1n) is 8.40. The molecule has 2 rings (SSSR count). The molecule has 1 amide bonds. The normalized spacial score (nSPS) is 11.3. The fourth-order valence-electron chi connectivity index (χ4n) is 2.44. The number of carbonyl (C=O) groups excluding carboxylic acids is 1. The van der Waals surface area contributed by atoms with Crippen molar-refractivity contribution < 1.29 is 18.0 Å². The van der Waals surface area contributed by atoms with Gasteiger partial charge in [-0.25, -0.2) is 9.97 Å². The number of nitrogens with zero attached hydrogens (tertiary/aromatic N) is 3. The molecule has 0 fully saturated rings. The Kier molecular flexibility index (Phi) is 6.54. The minimum Gasteiger partial charge on any atom is -0.339 e. The van der Waals surface area contributed by atoms with Crippen LogP contribution in [-0.4, -0.2) is 33.9 Å². The topological polar surface area (TPSA) is 58.1 Å². The van der Waals surface area contributed by atoms with E-state index in [4.69, 9.17) is 0 Å². The highest BCUT2D eigenvalue weighted by Gasteiger charge is 2.30. The molecule has 8 heteroatoms. The van der Waals surface area contributed by atoms with E-state index < -0.39 is 11.7 Å². The fourth-order valence-corrected chi connectivity index (χ4v) is 2.44. The summed E-state index contributed by atoms with van der Waals surface area (Å²) in [5.41, 5.74) is -0.192. The van der Waals surface area contributed by atoms with Gasteiger partial charge in [-0.05, 0) is 31.0 Å². The maximum Gasteiger partial charge on any atom is 0.416 e. The minimum absolute atomic E-state index is 0.124. The van der Waals surface area contributed by atoms with Gasteiger partial charge in [0, 0.05) is 31.2 Å². The van der Waals surface area contributed by atoms with E-state index in [0.717, 1.165) is 25.0 Å². The molecule has 1 aromatic heterocycles. The van der Waals surface area contributed by atoms with Crippen molar-refractivity contribution in [3.63, 3.8) is 0 Å². The van der Waals surface area contributed by atoms with E-state index in [9.17, 15) is 18.0 Å². The number of nitrogens with one attached hydrogen (secondary N) is 1. The van der Waals surface area contributed by atoms with Crippen LogP contribution in [0.1, 0.15) is 42.6 Å². The molecular weight excluding hydrogens is 345 g/mol. The molecule has 0 radical (unpaired) electrons. The van der Waals surface area contributed by atoms with Gasteiger partial charge in [0.15, 0.2) is 0 Å². The Labute approximate surface area is 150 Å². The SMILES string of the molecule is CCCN(CCC)C(=O)c1cnc(Nc2cccc(C(F)(F)F)c2)nc1. The monoisotopic (exact) mass is 366 g/mol. The minimum atomic E-state index is -4.42. The molecule has 1 heterocycles. The second kappa shape index (κ2) is 8.64. The first kappa shape index (κ1) is 19.7. The molecule has 1 aromatic carbocycles. The number of hydrogen-bond donors (Lipinski definition) is 1. The summed E-state index contributed by atoms with van der Waals surface area (Å²) >= 11 is 0. The Morgan fingerprint density at radius 2 is 1.73 bits per heavy atom. The van der Waals surface area contributed by atoms with Crippen LogP contribution < -0.4 is 5.32 Å². The molecule has 0 spiro atoms. The van der Waals surface area contributed by atoms with E-state index in [2.05, 4.69) is 15.3 Å². The van der Waals surface area contributed by atoms with Gasteiger partial charge in [-0.3, -0.25) is 4.79 Å². The third kappa shape index (κ3) is 5.18.